The van der Waals surface area contributed by atoms with Gasteiger partial charge in [-0.15, -0.1) is 0 Å². The third-order valence-corrected chi connectivity index (χ3v) is 4.36. The summed E-state index contributed by atoms with van der Waals surface area (Å²) in [6.45, 7) is 2.08. The zero-order chi connectivity index (χ0) is 20.3. The summed E-state index contributed by atoms with van der Waals surface area (Å²) in [5, 5.41) is 15.6. The maximum absolute atomic E-state index is 12.2. The Bertz CT molecular complexity index is 973. The molecule has 1 aliphatic rings. The molecule has 2 N–H and O–H groups in total. The molecule has 3 rings (SSSR count). The lowest BCUT2D eigenvalue weighted by Crippen LogP contribution is -2.34. The molecule has 28 heavy (non-hydrogen) atoms. The van der Waals surface area contributed by atoms with Crippen molar-refractivity contribution in [2.45, 2.75) is 19.8 Å². The van der Waals surface area contributed by atoms with Crippen molar-refractivity contribution in [1.29, 1.82) is 0 Å². The molecule has 0 radical (unpaired) electrons. The van der Waals surface area contributed by atoms with E-state index in [1.165, 1.54) is 25.1 Å². The Morgan fingerprint density at radius 3 is 2.36 bits per heavy atom. The number of rotatable bonds is 3. The van der Waals surface area contributed by atoms with E-state index in [-0.39, 0.29) is 17.3 Å². The van der Waals surface area contributed by atoms with E-state index in [0.29, 0.717) is 12.2 Å². The third kappa shape index (κ3) is 4.14. The van der Waals surface area contributed by atoms with Crippen molar-refractivity contribution < 1.29 is 19.3 Å². The lowest BCUT2D eigenvalue weighted by molar-refractivity contribution is -0.384. The van der Waals surface area contributed by atoms with Gasteiger partial charge in [0.1, 0.15) is 0 Å². The summed E-state index contributed by atoms with van der Waals surface area (Å²) in [5.41, 5.74) is 2.04. The number of hydrogen-bond donors (Lipinski definition) is 2. The first kappa shape index (κ1) is 19.0. The van der Waals surface area contributed by atoms with E-state index < -0.39 is 16.7 Å². The molecule has 0 atom stereocenters. The van der Waals surface area contributed by atoms with Gasteiger partial charge in [0.25, 0.3) is 5.69 Å². The van der Waals surface area contributed by atoms with E-state index in [9.17, 15) is 24.5 Å². The largest absolute Gasteiger partial charge is 0.318 e. The third-order valence-electron chi connectivity index (χ3n) is 4.36. The van der Waals surface area contributed by atoms with Crippen LogP contribution in [-0.4, -0.2) is 29.2 Å². The molecule has 1 aliphatic heterocycles. The van der Waals surface area contributed by atoms with Crippen LogP contribution in [0.25, 0.3) is 0 Å². The van der Waals surface area contributed by atoms with E-state index >= 15 is 0 Å². The van der Waals surface area contributed by atoms with Crippen LogP contribution in [0.5, 0.6) is 0 Å². The fraction of sp³-hybridized carbons (Fsp3) is 0.211. The molecule has 2 aromatic carbocycles. The van der Waals surface area contributed by atoms with Gasteiger partial charge >= 0.3 is 11.8 Å². The van der Waals surface area contributed by atoms with Crippen molar-refractivity contribution in [3.8, 4) is 0 Å². The number of nitro benzene ring substituents is 1. The summed E-state index contributed by atoms with van der Waals surface area (Å²) in [6.07, 6.45) is 1.70. The van der Waals surface area contributed by atoms with Crippen LogP contribution in [0, 0.1) is 10.1 Å². The number of hydrogen-bond acceptors (Lipinski definition) is 5. The van der Waals surface area contributed by atoms with Crippen molar-refractivity contribution in [2.75, 3.05) is 22.1 Å². The summed E-state index contributed by atoms with van der Waals surface area (Å²) in [4.78, 5) is 47.9. The molecule has 1 heterocycles. The summed E-state index contributed by atoms with van der Waals surface area (Å²) >= 11 is 0. The highest BCUT2D eigenvalue weighted by molar-refractivity contribution is 6.43. The number of nitro groups is 1. The number of anilines is 3. The number of carbonyl (C=O) groups excluding carboxylic acids is 3. The highest BCUT2D eigenvalue weighted by Gasteiger charge is 2.21. The predicted molar refractivity (Wildman–Crippen MR) is 103 cm³/mol. The van der Waals surface area contributed by atoms with Gasteiger partial charge in [-0.05, 0) is 36.6 Å². The fourth-order valence-corrected chi connectivity index (χ4v) is 3.05. The van der Waals surface area contributed by atoms with Crippen LogP contribution < -0.4 is 15.5 Å². The molecule has 0 saturated heterocycles. The van der Waals surface area contributed by atoms with Crippen LogP contribution in [-0.2, 0) is 20.8 Å². The van der Waals surface area contributed by atoms with Gasteiger partial charge in [-0.3, -0.25) is 24.5 Å². The number of non-ortho nitro benzene ring substituents is 1. The average Bonchev–Trinajstić information content (AvgIpc) is 2.67. The molecular weight excluding hydrogens is 364 g/mol. The van der Waals surface area contributed by atoms with E-state index in [4.69, 9.17) is 0 Å². The van der Waals surface area contributed by atoms with Crippen molar-refractivity contribution in [3.63, 3.8) is 0 Å². The van der Waals surface area contributed by atoms with Gasteiger partial charge in [0.15, 0.2) is 0 Å². The average molecular weight is 382 g/mol. The first-order chi connectivity index (χ1) is 13.3. The van der Waals surface area contributed by atoms with E-state index in [0.717, 1.165) is 30.2 Å². The molecule has 0 bridgehead atoms. The highest BCUT2D eigenvalue weighted by atomic mass is 16.6. The zero-order valence-electron chi connectivity index (χ0n) is 15.1. The Hall–Kier alpha value is -3.75. The van der Waals surface area contributed by atoms with Crippen molar-refractivity contribution in [1.82, 2.24) is 0 Å². The van der Waals surface area contributed by atoms with Gasteiger partial charge in [-0.1, -0.05) is 12.1 Å². The standard InChI is InChI=1S/C19H18N4O5/c1-12(24)22-9-3-4-13-7-8-15(11-17(13)22)21-19(26)18(25)20-14-5-2-6-16(10-14)23(27)28/h2,5-8,10-11H,3-4,9H2,1H3,(H,20,25)(H,21,26). The van der Waals surface area contributed by atoms with Gasteiger partial charge in [-0.25, -0.2) is 0 Å². The molecule has 0 aliphatic carbocycles. The molecule has 144 valence electrons. The first-order valence-electron chi connectivity index (χ1n) is 8.63. The topological polar surface area (TPSA) is 122 Å². The van der Waals surface area contributed by atoms with Gasteiger partial charge in [0, 0.05) is 42.7 Å². The minimum absolute atomic E-state index is 0.0900. The molecule has 2 aromatic rings. The van der Waals surface area contributed by atoms with Gasteiger partial charge in [-0.2, -0.15) is 0 Å². The van der Waals surface area contributed by atoms with Crippen molar-refractivity contribution >= 4 is 40.5 Å². The fourth-order valence-electron chi connectivity index (χ4n) is 3.05. The summed E-state index contributed by atoms with van der Waals surface area (Å²) in [6, 6.07) is 10.4. The first-order valence-corrected chi connectivity index (χ1v) is 8.63. The molecule has 0 aromatic heterocycles. The SMILES string of the molecule is CC(=O)N1CCCc2ccc(NC(=O)C(=O)Nc3cccc([N+](=O)[O-])c3)cc21. The van der Waals surface area contributed by atoms with Crippen LogP contribution in [0.2, 0.25) is 0 Å². The molecule has 0 saturated carbocycles. The molecule has 0 spiro atoms. The minimum Gasteiger partial charge on any atom is -0.318 e. The maximum Gasteiger partial charge on any atom is 0.314 e. The molecular formula is C19H18N4O5. The Labute approximate surface area is 160 Å². The quantitative estimate of drug-likeness (QED) is 0.480. The summed E-state index contributed by atoms with van der Waals surface area (Å²) < 4.78 is 0. The smallest absolute Gasteiger partial charge is 0.314 e. The molecule has 3 amide bonds. The van der Waals surface area contributed by atoms with Gasteiger partial charge < -0.3 is 15.5 Å². The number of nitrogens with one attached hydrogen (secondary N) is 2. The summed E-state index contributed by atoms with van der Waals surface area (Å²) in [7, 11) is 0. The number of benzene rings is 2. The van der Waals surface area contributed by atoms with Crippen LogP contribution in [0.3, 0.4) is 0 Å². The Kier molecular flexibility index (Phi) is 5.35. The molecule has 0 unspecified atom stereocenters. The molecule has 0 fully saturated rings. The van der Waals surface area contributed by atoms with Crippen molar-refractivity contribution in [2.24, 2.45) is 0 Å². The van der Waals surface area contributed by atoms with Crippen LogP contribution >= 0.6 is 0 Å². The number of fused-ring (bicyclic) bond motifs is 1. The van der Waals surface area contributed by atoms with E-state index in [1.807, 2.05) is 6.07 Å². The lowest BCUT2D eigenvalue weighted by Gasteiger charge is -2.29. The predicted octanol–water partition coefficient (Wildman–Crippen LogP) is 2.47. The van der Waals surface area contributed by atoms with Crippen molar-refractivity contribution in [3.05, 3.63) is 58.1 Å². The maximum atomic E-state index is 12.2. The van der Waals surface area contributed by atoms with Gasteiger partial charge in [0.2, 0.25) is 5.91 Å². The number of amides is 3. The molecule has 9 heteroatoms. The Morgan fingerprint density at radius 1 is 1.04 bits per heavy atom. The van der Waals surface area contributed by atoms with Crippen LogP contribution in [0.15, 0.2) is 42.5 Å². The number of carbonyl (C=O) groups is 3. The molecule has 9 nitrogen and oxygen atoms in total. The van der Waals surface area contributed by atoms with Crippen LogP contribution in [0.1, 0.15) is 18.9 Å². The highest BCUT2D eigenvalue weighted by Crippen LogP contribution is 2.30. The second kappa shape index (κ2) is 7.87. The van der Waals surface area contributed by atoms with Gasteiger partial charge in [0.05, 0.1) is 4.92 Å². The van der Waals surface area contributed by atoms with Crippen LogP contribution in [0.4, 0.5) is 22.7 Å². The second-order valence-corrected chi connectivity index (χ2v) is 6.33. The Morgan fingerprint density at radius 2 is 1.71 bits per heavy atom. The second-order valence-electron chi connectivity index (χ2n) is 6.33. The monoisotopic (exact) mass is 382 g/mol. The van der Waals surface area contributed by atoms with E-state index in [2.05, 4.69) is 10.6 Å². The number of aryl methyl sites for hydroxylation is 1. The number of nitrogens with zero attached hydrogens (tertiary/aromatic N) is 2. The van der Waals surface area contributed by atoms with E-state index in [1.54, 1.807) is 17.0 Å². The Balaban J connectivity index is 1.71. The summed E-state index contributed by atoms with van der Waals surface area (Å²) in [5.74, 6) is -1.97. The lowest BCUT2D eigenvalue weighted by atomic mass is 10.0. The minimum atomic E-state index is -0.957. The zero-order valence-corrected chi connectivity index (χ0v) is 15.1. The normalized spacial score (nSPS) is 12.7.